The maximum absolute atomic E-state index is 12.7. The zero-order chi connectivity index (χ0) is 11.9. The minimum atomic E-state index is -2.62. The molecule has 1 amide bonds. The third-order valence-electron chi connectivity index (χ3n) is 2.96. The molecule has 7 heteroatoms. The fourth-order valence-corrected chi connectivity index (χ4v) is 2.22. The second kappa shape index (κ2) is 3.97. The van der Waals surface area contributed by atoms with Crippen molar-refractivity contribution in [1.82, 2.24) is 4.90 Å². The maximum atomic E-state index is 12.7. The Kier molecular flexibility index (Phi) is 2.79. The van der Waals surface area contributed by atoms with Crippen molar-refractivity contribution in [2.45, 2.75) is 18.6 Å². The van der Waals surface area contributed by atoms with Gasteiger partial charge in [-0.25, -0.2) is 13.6 Å². The van der Waals surface area contributed by atoms with Gasteiger partial charge in [-0.1, -0.05) is 0 Å². The van der Waals surface area contributed by atoms with Gasteiger partial charge < -0.3 is 9.47 Å². The molecule has 5 nitrogen and oxygen atoms in total. The molecule has 3 atom stereocenters. The summed E-state index contributed by atoms with van der Waals surface area (Å²) in [4.78, 5) is 23.8. The van der Waals surface area contributed by atoms with Crippen LogP contribution in [0.15, 0.2) is 0 Å². The SMILES string of the molecule is COC(=O)N1CC(C(F)F)C2OCC(=O)C21. The van der Waals surface area contributed by atoms with Crippen LogP contribution in [0.25, 0.3) is 0 Å². The maximum Gasteiger partial charge on any atom is 0.410 e. The zero-order valence-electron chi connectivity index (χ0n) is 8.56. The van der Waals surface area contributed by atoms with Gasteiger partial charge in [0, 0.05) is 6.54 Å². The molecule has 0 aromatic heterocycles. The Hall–Kier alpha value is -1.24. The van der Waals surface area contributed by atoms with Crippen molar-refractivity contribution in [3.63, 3.8) is 0 Å². The van der Waals surface area contributed by atoms with Gasteiger partial charge in [-0.2, -0.15) is 0 Å². The summed E-state index contributed by atoms with van der Waals surface area (Å²) >= 11 is 0. The summed E-state index contributed by atoms with van der Waals surface area (Å²) < 4.78 is 34.8. The summed E-state index contributed by atoms with van der Waals surface area (Å²) in [5.74, 6) is -1.46. The average molecular weight is 235 g/mol. The smallest absolute Gasteiger partial charge is 0.410 e. The second-order valence-electron chi connectivity index (χ2n) is 3.81. The van der Waals surface area contributed by atoms with Crippen LogP contribution in [0, 0.1) is 5.92 Å². The first-order chi connectivity index (χ1) is 7.56. The topological polar surface area (TPSA) is 55.8 Å². The summed E-state index contributed by atoms with van der Waals surface area (Å²) in [7, 11) is 1.15. The van der Waals surface area contributed by atoms with Gasteiger partial charge in [0.05, 0.1) is 19.1 Å². The molecule has 0 N–H and O–H groups in total. The summed E-state index contributed by atoms with van der Waals surface area (Å²) in [5.41, 5.74) is 0. The molecule has 0 aromatic carbocycles. The first-order valence-electron chi connectivity index (χ1n) is 4.83. The molecule has 0 saturated carbocycles. The molecule has 0 spiro atoms. The molecule has 2 fully saturated rings. The standard InChI is InChI=1S/C9H11F2NO4/c1-15-9(14)12-2-4(8(10)11)7-6(12)5(13)3-16-7/h4,6-8H,2-3H2,1H3. The number of alkyl halides is 2. The highest BCUT2D eigenvalue weighted by Crippen LogP contribution is 2.35. The molecule has 2 heterocycles. The predicted octanol–water partition coefficient (Wildman–Crippen LogP) is 0.286. The number of nitrogens with zero attached hydrogens (tertiary/aromatic N) is 1. The van der Waals surface area contributed by atoms with Crippen LogP contribution in [0.2, 0.25) is 0 Å². The zero-order valence-corrected chi connectivity index (χ0v) is 8.56. The normalized spacial score (nSPS) is 33.4. The van der Waals surface area contributed by atoms with Crippen LogP contribution in [-0.2, 0) is 14.3 Å². The molecule has 0 bridgehead atoms. The molecule has 3 unspecified atom stereocenters. The van der Waals surface area contributed by atoms with Gasteiger partial charge in [0.2, 0.25) is 6.43 Å². The molecule has 2 rings (SSSR count). The van der Waals surface area contributed by atoms with E-state index >= 15 is 0 Å². The van der Waals surface area contributed by atoms with Crippen LogP contribution >= 0.6 is 0 Å². The number of amides is 1. The Bertz CT molecular complexity index is 323. The Balaban J connectivity index is 2.22. The van der Waals surface area contributed by atoms with E-state index < -0.39 is 30.6 Å². The van der Waals surface area contributed by atoms with Crippen LogP contribution in [0.5, 0.6) is 0 Å². The van der Waals surface area contributed by atoms with E-state index in [1.54, 1.807) is 0 Å². The molecule has 90 valence electrons. The minimum Gasteiger partial charge on any atom is -0.453 e. The molecule has 2 aliphatic heterocycles. The van der Waals surface area contributed by atoms with Gasteiger partial charge in [-0.15, -0.1) is 0 Å². The van der Waals surface area contributed by atoms with Crippen molar-refractivity contribution < 1.29 is 27.8 Å². The fourth-order valence-electron chi connectivity index (χ4n) is 2.22. The third kappa shape index (κ3) is 1.55. The van der Waals surface area contributed by atoms with Crippen molar-refractivity contribution in [3.05, 3.63) is 0 Å². The number of Topliss-reactive ketones (excluding diaryl/α,β-unsaturated/α-hetero) is 1. The van der Waals surface area contributed by atoms with Gasteiger partial charge in [0.15, 0.2) is 5.78 Å². The number of carbonyl (C=O) groups excluding carboxylic acids is 2. The number of carbonyl (C=O) groups is 2. The van der Waals surface area contributed by atoms with E-state index in [-0.39, 0.29) is 18.9 Å². The number of methoxy groups -OCH3 is 1. The predicted molar refractivity (Wildman–Crippen MR) is 47.1 cm³/mol. The van der Waals surface area contributed by atoms with E-state index in [4.69, 9.17) is 4.74 Å². The highest BCUT2D eigenvalue weighted by atomic mass is 19.3. The fraction of sp³-hybridized carbons (Fsp3) is 0.778. The molecule has 0 radical (unpaired) electrons. The molecule has 0 aliphatic carbocycles. The van der Waals surface area contributed by atoms with Crippen LogP contribution in [0.3, 0.4) is 0 Å². The van der Waals surface area contributed by atoms with E-state index in [1.807, 2.05) is 0 Å². The molecular formula is C9H11F2NO4. The minimum absolute atomic E-state index is 0.203. The number of rotatable bonds is 1. The van der Waals surface area contributed by atoms with Crippen LogP contribution < -0.4 is 0 Å². The summed E-state index contributed by atoms with van der Waals surface area (Å²) in [6.45, 7) is -0.419. The van der Waals surface area contributed by atoms with Gasteiger partial charge in [0.1, 0.15) is 12.6 Å². The van der Waals surface area contributed by atoms with Crippen LogP contribution in [0.1, 0.15) is 0 Å². The molecule has 2 aliphatic rings. The molecule has 0 aromatic rings. The number of halogens is 2. The summed E-state index contributed by atoms with van der Waals surface area (Å²) in [6.07, 6.45) is -4.28. The lowest BCUT2D eigenvalue weighted by Gasteiger charge is -2.19. The molecule has 16 heavy (non-hydrogen) atoms. The summed E-state index contributed by atoms with van der Waals surface area (Å²) in [6, 6.07) is -0.911. The van der Waals surface area contributed by atoms with Crippen molar-refractivity contribution in [1.29, 1.82) is 0 Å². The van der Waals surface area contributed by atoms with Gasteiger partial charge in [-0.05, 0) is 0 Å². The Morgan fingerprint density at radius 3 is 2.88 bits per heavy atom. The van der Waals surface area contributed by atoms with E-state index in [0.717, 1.165) is 12.0 Å². The number of fused-ring (bicyclic) bond motifs is 1. The van der Waals surface area contributed by atoms with Crippen molar-refractivity contribution >= 4 is 11.9 Å². The highest BCUT2D eigenvalue weighted by molar-refractivity contribution is 5.91. The Morgan fingerprint density at radius 2 is 2.31 bits per heavy atom. The monoisotopic (exact) mass is 235 g/mol. The number of hydrogen-bond acceptors (Lipinski definition) is 4. The lowest BCUT2D eigenvalue weighted by molar-refractivity contribution is -0.121. The Labute approximate surface area is 90.3 Å². The first-order valence-corrected chi connectivity index (χ1v) is 4.83. The number of ether oxygens (including phenoxy) is 2. The lowest BCUT2D eigenvalue weighted by atomic mass is 10.0. The summed E-state index contributed by atoms with van der Waals surface area (Å²) in [5, 5.41) is 0. The highest BCUT2D eigenvalue weighted by Gasteiger charge is 2.55. The van der Waals surface area contributed by atoms with E-state index in [1.165, 1.54) is 0 Å². The van der Waals surface area contributed by atoms with E-state index in [0.29, 0.717) is 0 Å². The molecule has 2 saturated heterocycles. The van der Waals surface area contributed by atoms with Crippen molar-refractivity contribution in [3.8, 4) is 0 Å². The van der Waals surface area contributed by atoms with Gasteiger partial charge >= 0.3 is 6.09 Å². The first kappa shape index (κ1) is 11.3. The second-order valence-corrected chi connectivity index (χ2v) is 3.81. The molecular weight excluding hydrogens is 224 g/mol. The number of likely N-dealkylation sites (tertiary alicyclic amines) is 1. The Morgan fingerprint density at radius 1 is 1.62 bits per heavy atom. The largest absolute Gasteiger partial charge is 0.453 e. The van der Waals surface area contributed by atoms with Crippen LogP contribution in [0.4, 0.5) is 13.6 Å². The van der Waals surface area contributed by atoms with Crippen LogP contribution in [-0.4, -0.2) is 55.6 Å². The van der Waals surface area contributed by atoms with E-state index in [2.05, 4.69) is 4.74 Å². The van der Waals surface area contributed by atoms with Gasteiger partial charge in [-0.3, -0.25) is 9.69 Å². The van der Waals surface area contributed by atoms with E-state index in [9.17, 15) is 18.4 Å². The average Bonchev–Trinajstić information content (AvgIpc) is 2.78. The number of ketones is 1. The lowest BCUT2D eigenvalue weighted by Crippen LogP contribution is -2.41. The quantitative estimate of drug-likeness (QED) is 0.655. The van der Waals surface area contributed by atoms with Gasteiger partial charge in [0.25, 0.3) is 0 Å². The van der Waals surface area contributed by atoms with Crippen molar-refractivity contribution in [2.24, 2.45) is 5.92 Å². The third-order valence-corrected chi connectivity index (χ3v) is 2.96. The van der Waals surface area contributed by atoms with Crippen molar-refractivity contribution in [2.75, 3.05) is 20.3 Å². The number of hydrogen-bond donors (Lipinski definition) is 0.